The molecule has 1 atom stereocenters. The molecule has 1 unspecified atom stereocenters. The number of H-pyrrole nitrogens is 1. The molecule has 2 aromatic heterocycles. The van der Waals surface area contributed by atoms with E-state index in [1.807, 2.05) is 13.8 Å². The number of benzene rings is 1. The lowest BCUT2D eigenvalue weighted by Crippen LogP contribution is -2.39. The average Bonchev–Trinajstić information content (AvgIpc) is 3.02. The highest BCUT2D eigenvalue weighted by molar-refractivity contribution is 7.91. The number of nitrogens with one attached hydrogen (secondary N) is 2. The van der Waals surface area contributed by atoms with Gasteiger partial charge in [0, 0.05) is 23.3 Å². The molecular weight excluding hydrogens is 352 g/mol. The number of fused-ring (bicyclic) bond motifs is 1. The Bertz CT molecular complexity index is 1030. The first-order valence-corrected chi connectivity index (χ1v) is 9.95. The van der Waals surface area contributed by atoms with Gasteiger partial charge in [0.25, 0.3) is 5.91 Å². The number of amides is 1. The largest absolute Gasteiger partial charge is 0.348 e. The number of sulfone groups is 1. The number of hydrogen-bond acceptors (Lipinski definition) is 5. The van der Waals surface area contributed by atoms with Crippen molar-refractivity contribution in [1.82, 2.24) is 20.5 Å². The van der Waals surface area contributed by atoms with E-state index in [2.05, 4.69) is 20.5 Å². The number of pyridine rings is 1. The maximum Gasteiger partial charge on any atom is 0.253 e. The van der Waals surface area contributed by atoms with Crippen LogP contribution in [0, 0.1) is 6.92 Å². The predicted octanol–water partition coefficient (Wildman–Crippen LogP) is 2.25. The summed E-state index contributed by atoms with van der Waals surface area (Å²) in [5, 5.41) is 10.4. The van der Waals surface area contributed by atoms with Crippen LogP contribution in [-0.2, 0) is 9.84 Å². The van der Waals surface area contributed by atoms with E-state index in [1.165, 1.54) is 6.20 Å². The molecule has 8 heteroatoms. The van der Waals surface area contributed by atoms with Gasteiger partial charge in [-0.1, -0.05) is 25.1 Å². The van der Waals surface area contributed by atoms with Crippen molar-refractivity contribution in [3.8, 4) is 0 Å². The second-order valence-corrected chi connectivity index (χ2v) is 8.15. The van der Waals surface area contributed by atoms with E-state index in [4.69, 9.17) is 0 Å². The molecule has 0 saturated carbocycles. The van der Waals surface area contributed by atoms with Gasteiger partial charge in [0.15, 0.2) is 15.5 Å². The minimum atomic E-state index is -3.48. The molecule has 7 nitrogen and oxygen atoms in total. The Balaban J connectivity index is 1.76. The molecule has 0 fully saturated rings. The van der Waals surface area contributed by atoms with Gasteiger partial charge in [0.2, 0.25) is 0 Å². The second kappa shape index (κ2) is 7.25. The average molecular weight is 372 g/mol. The molecule has 136 valence electrons. The van der Waals surface area contributed by atoms with Crippen LogP contribution in [0.25, 0.3) is 11.0 Å². The Kier molecular flexibility index (Phi) is 5.03. The zero-order valence-electron chi connectivity index (χ0n) is 14.6. The van der Waals surface area contributed by atoms with Crippen LogP contribution in [0.3, 0.4) is 0 Å². The molecule has 0 radical (unpaired) electrons. The third kappa shape index (κ3) is 3.75. The maximum atomic E-state index is 12.5. The van der Waals surface area contributed by atoms with Gasteiger partial charge in [-0.25, -0.2) is 13.4 Å². The van der Waals surface area contributed by atoms with Crippen molar-refractivity contribution in [3.63, 3.8) is 0 Å². The molecule has 0 spiro atoms. The van der Waals surface area contributed by atoms with Gasteiger partial charge >= 0.3 is 0 Å². The molecular formula is C18H20N4O3S. The lowest BCUT2D eigenvalue weighted by Gasteiger charge is -2.17. The third-order valence-corrected chi connectivity index (χ3v) is 6.04. The summed E-state index contributed by atoms with van der Waals surface area (Å²) >= 11 is 0. The lowest BCUT2D eigenvalue weighted by atomic mass is 10.2. The van der Waals surface area contributed by atoms with E-state index in [-0.39, 0.29) is 16.6 Å². The summed E-state index contributed by atoms with van der Waals surface area (Å²) in [5.74, 6) is -0.505. The van der Waals surface area contributed by atoms with Crippen LogP contribution in [0.15, 0.2) is 47.5 Å². The van der Waals surface area contributed by atoms with Crippen LogP contribution in [0.2, 0.25) is 0 Å². The van der Waals surface area contributed by atoms with Crippen LogP contribution in [-0.4, -0.2) is 41.3 Å². The van der Waals surface area contributed by atoms with Crippen LogP contribution >= 0.6 is 0 Å². The van der Waals surface area contributed by atoms with Crippen molar-refractivity contribution in [3.05, 3.63) is 53.9 Å². The molecule has 26 heavy (non-hydrogen) atoms. The number of carbonyl (C=O) groups is 1. The van der Waals surface area contributed by atoms with Crippen LogP contribution in [0.1, 0.15) is 29.4 Å². The Hall–Kier alpha value is -2.74. The fourth-order valence-electron chi connectivity index (χ4n) is 2.66. The van der Waals surface area contributed by atoms with Gasteiger partial charge in [0.05, 0.1) is 16.2 Å². The third-order valence-electron chi connectivity index (χ3n) is 4.21. The number of aromatic nitrogens is 3. The molecule has 0 aliphatic rings. The first kappa shape index (κ1) is 18.1. The fraction of sp³-hybridized carbons (Fsp3) is 0.278. The zero-order valence-corrected chi connectivity index (χ0v) is 15.4. The molecule has 3 aromatic rings. The van der Waals surface area contributed by atoms with Crippen molar-refractivity contribution in [2.45, 2.75) is 31.2 Å². The minimum absolute atomic E-state index is 0.153. The molecule has 2 N–H and O–H groups in total. The topological polar surface area (TPSA) is 105 Å². The van der Waals surface area contributed by atoms with Crippen LogP contribution in [0.4, 0.5) is 0 Å². The van der Waals surface area contributed by atoms with E-state index in [9.17, 15) is 13.2 Å². The van der Waals surface area contributed by atoms with Gasteiger partial charge in [-0.15, -0.1) is 0 Å². The Morgan fingerprint density at radius 2 is 2.00 bits per heavy atom. The Labute approximate surface area is 151 Å². The summed E-state index contributed by atoms with van der Waals surface area (Å²) in [4.78, 5) is 16.9. The predicted molar refractivity (Wildman–Crippen MR) is 98.7 cm³/mol. The maximum absolute atomic E-state index is 12.5. The molecule has 0 aliphatic carbocycles. The summed E-state index contributed by atoms with van der Waals surface area (Å²) in [6, 6.07) is 9.45. The molecule has 1 aromatic carbocycles. The zero-order chi connectivity index (χ0) is 18.7. The normalized spacial score (nSPS) is 12.8. The summed E-state index contributed by atoms with van der Waals surface area (Å²) in [6.45, 7) is 3.69. The molecule has 3 rings (SSSR count). The number of aromatic amines is 1. The quantitative estimate of drug-likeness (QED) is 0.690. The monoisotopic (exact) mass is 372 g/mol. The standard InChI is InChI=1S/C18H20N4O3S/c1-3-14(11-26(24,25)15-7-5-4-6-8-15)20-18(23)13-9-16-12(2)21-22-17(16)19-10-13/h4-10,14H,3,11H2,1-2H3,(H,20,23)(H,19,21,22). The van der Waals surface area contributed by atoms with Gasteiger partial charge in [-0.05, 0) is 31.5 Å². The Morgan fingerprint density at radius 1 is 1.27 bits per heavy atom. The SMILES string of the molecule is CCC(CS(=O)(=O)c1ccccc1)NC(=O)c1cnc2n[nH]c(C)c2c1. The number of aryl methyl sites for hydroxylation is 1. The molecule has 0 aliphatic heterocycles. The highest BCUT2D eigenvalue weighted by atomic mass is 32.2. The number of hydrogen-bond donors (Lipinski definition) is 2. The Morgan fingerprint density at radius 3 is 2.69 bits per heavy atom. The van der Waals surface area contributed by atoms with Gasteiger partial charge < -0.3 is 5.32 Å². The minimum Gasteiger partial charge on any atom is -0.348 e. The molecule has 0 bridgehead atoms. The molecule has 0 saturated heterocycles. The lowest BCUT2D eigenvalue weighted by molar-refractivity contribution is 0.0939. The van der Waals surface area contributed by atoms with Crippen molar-refractivity contribution < 1.29 is 13.2 Å². The number of rotatable bonds is 6. The highest BCUT2D eigenvalue weighted by Gasteiger charge is 2.22. The van der Waals surface area contributed by atoms with E-state index in [1.54, 1.807) is 36.4 Å². The fourth-order valence-corrected chi connectivity index (χ4v) is 4.28. The van der Waals surface area contributed by atoms with Crippen molar-refractivity contribution in [2.75, 3.05) is 5.75 Å². The van der Waals surface area contributed by atoms with Crippen molar-refractivity contribution in [2.24, 2.45) is 0 Å². The second-order valence-electron chi connectivity index (χ2n) is 6.12. The van der Waals surface area contributed by atoms with E-state index in [0.717, 1.165) is 11.1 Å². The van der Waals surface area contributed by atoms with E-state index < -0.39 is 15.9 Å². The first-order chi connectivity index (χ1) is 12.4. The molecule has 2 heterocycles. The summed E-state index contributed by atoms with van der Waals surface area (Å²) < 4.78 is 25.1. The van der Waals surface area contributed by atoms with Crippen LogP contribution < -0.4 is 5.32 Å². The van der Waals surface area contributed by atoms with Gasteiger partial charge in [0.1, 0.15) is 0 Å². The number of carbonyl (C=O) groups excluding carboxylic acids is 1. The number of nitrogens with zero attached hydrogens (tertiary/aromatic N) is 2. The highest BCUT2D eigenvalue weighted by Crippen LogP contribution is 2.16. The molecule has 1 amide bonds. The van der Waals surface area contributed by atoms with E-state index in [0.29, 0.717) is 17.6 Å². The summed E-state index contributed by atoms with van der Waals surface area (Å²) in [6.07, 6.45) is 1.94. The summed E-state index contributed by atoms with van der Waals surface area (Å²) in [5.41, 5.74) is 1.73. The first-order valence-electron chi connectivity index (χ1n) is 8.30. The van der Waals surface area contributed by atoms with Crippen molar-refractivity contribution in [1.29, 1.82) is 0 Å². The van der Waals surface area contributed by atoms with Gasteiger partial charge in [-0.3, -0.25) is 9.89 Å². The van der Waals surface area contributed by atoms with Gasteiger partial charge in [-0.2, -0.15) is 5.10 Å². The van der Waals surface area contributed by atoms with Crippen molar-refractivity contribution >= 4 is 26.8 Å². The van der Waals surface area contributed by atoms with Crippen LogP contribution in [0.5, 0.6) is 0 Å². The van der Waals surface area contributed by atoms with E-state index >= 15 is 0 Å². The smallest absolute Gasteiger partial charge is 0.253 e. The summed E-state index contributed by atoms with van der Waals surface area (Å²) in [7, 11) is -3.48.